The highest BCUT2D eigenvalue weighted by Crippen LogP contribution is 2.15. The Kier molecular flexibility index (Phi) is 4.67. The molecule has 4 heterocycles. The summed E-state index contributed by atoms with van der Waals surface area (Å²) in [4.78, 5) is 31.4. The minimum atomic E-state index is -0.187. The highest BCUT2D eigenvalue weighted by molar-refractivity contribution is 5.98. The number of morpholine rings is 1. The second kappa shape index (κ2) is 7.13. The van der Waals surface area contributed by atoms with Crippen LogP contribution in [0.25, 0.3) is 16.7 Å². The summed E-state index contributed by atoms with van der Waals surface area (Å²) in [6.45, 7) is 6.86. The van der Waals surface area contributed by atoms with Crippen molar-refractivity contribution in [2.45, 2.75) is 6.92 Å². The number of carbonyl (C=O) groups excluding carboxylic acids is 1. The average Bonchev–Trinajstić information content (AvgIpc) is 3.00. The smallest absolute Gasteiger partial charge is 0.268 e. The van der Waals surface area contributed by atoms with E-state index in [-0.39, 0.29) is 11.5 Å². The van der Waals surface area contributed by atoms with E-state index in [1.165, 1.54) is 9.30 Å². The third kappa shape index (κ3) is 3.33. The number of amides is 1. The maximum absolute atomic E-state index is 12.8. The lowest BCUT2D eigenvalue weighted by Gasteiger charge is -2.23. The van der Waals surface area contributed by atoms with Crippen molar-refractivity contribution in [2.24, 2.45) is 7.05 Å². The van der Waals surface area contributed by atoms with Crippen LogP contribution < -0.4 is 15.8 Å². The molecule has 0 atom stereocenters. The highest BCUT2D eigenvalue weighted by Gasteiger charge is 2.19. The fraction of sp³-hybridized carbons (Fsp3) is 0.421. The van der Waals surface area contributed by atoms with Gasteiger partial charge >= 0.3 is 0 Å². The van der Waals surface area contributed by atoms with Crippen molar-refractivity contribution in [1.29, 1.82) is 0 Å². The molecule has 1 fully saturated rings. The summed E-state index contributed by atoms with van der Waals surface area (Å²) in [6, 6.07) is 5.36. The Morgan fingerprint density at radius 1 is 1.33 bits per heavy atom. The number of ether oxygens (including phenoxy) is 1. The first-order valence-electron chi connectivity index (χ1n) is 9.22. The number of nitrogens with one attached hydrogen (secondary N) is 2. The molecular weight excluding hydrogens is 346 g/mol. The zero-order valence-electron chi connectivity index (χ0n) is 15.6. The first-order chi connectivity index (χ1) is 13.0. The number of hydrogen-bond donors (Lipinski definition) is 2. The largest absolute Gasteiger partial charge is 0.370 e. The van der Waals surface area contributed by atoms with Gasteiger partial charge in [0.15, 0.2) is 0 Å². The van der Waals surface area contributed by atoms with E-state index in [4.69, 9.17) is 4.74 Å². The predicted octanol–water partition coefficient (Wildman–Crippen LogP) is -0.860. The van der Waals surface area contributed by atoms with Crippen LogP contribution in [0.5, 0.6) is 0 Å². The van der Waals surface area contributed by atoms with Crippen LogP contribution in [0.2, 0.25) is 0 Å². The van der Waals surface area contributed by atoms with E-state index in [2.05, 4.69) is 10.3 Å². The monoisotopic (exact) mass is 370 g/mol. The first-order valence-corrected chi connectivity index (χ1v) is 9.22. The van der Waals surface area contributed by atoms with E-state index in [0.29, 0.717) is 28.9 Å². The number of pyridine rings is 1. The SMILES string of the molecule is Cc1ccc2nc3c(cc(C(=O)NCC[NH+]4CCOCC4)n3C)c(=O)n2c1. The summed E-state index contributed by atoms with van der Waals surface area (Å²) in [7, 11) is 1.77. The van der Waals surface area contributed by atoms with Crippen LogP contribution in [0.1, 0.15) is 16.1 Å². The molecule has 1 amide bonds. The van der Waals surface area contributed by atoms with Crippen LogP contribution in [0.15, 0.2) is 29.2 Å². The molecule has 8 nitrogen and oxygen atoms in total. The van der Waals surface area contributed by atoms with E-state index >= 15 is 0 Å². The molecule has 27 heavy (non-hydrogen) atoms. The quantitative estimate of drug-likeness (QED) is 0.626. The summed E-state index contributed by atoms with van der Waals surface area (Å²) in [5.41, 5.74) is 2.35. The molecule has 0 spiro atoms. The lowest BCUT2D eigenvalue weighted by atomic mass is 10.3. The molecule has 4 rings (SSSR count). The number of aryl methyl sites for hydroxylation is 2. The fourth-order valence-corrected chi connectivity index (χ4v) is 3.55. The molecule has 1 saturated heterocycles. The summed E-state index contributed by atoms with van der Waals surface area (Å²) >= 11 is 0. The number of nitrogens with zero attached hydrogens (tertiary/aromatic N) is 3. The molecule has 3 aromatic heterocycles. The second-order valence-corrected chi connectivity index (χ2v) is 7.05. The van der Waals surface area contributed by atoms with Gasteiger partial charge in [-0.1, -0.05) is 6.07 Å². The molecule has 0 saturated carbocycles. The van der Waals surface area contributed by atoms with Crippen molar-refractivity contribution in [2.75, 3.05) is 39.4 Å². The van der Waals surface area contributed by atoms with Crippen molar-refractivity contribution < 1.29 is 14.4 Å². The van der Waals surface area contributed by atoms with Crippen molar-refractivity contribution in [3.05, 3.63) is 46.0 Å². The number of aromatic nitrogens is 3. The molecule has 3 aromatic rings. The molecule has 8 heteroatoms. The van der Waals surface area contributed by atoms with Crippen LogP contribution in [0, 0.1) is 6.92 Å². The molecule has 142 valence electrons. The number of fused-ring (bicyclic) bond motifs is 2. The molecule has 0 aromatic carbocycles. The van der Waals surface area contributed by atoms with Gasteiger partial charge < -0.3 is 19.5 Å². The molecule has 0 unspecified atom stereocenters. The molecule has 0 aliphatic carbocycles. The van der Waals surface area contributed by atoms with Crippen molar-refractivity contribution in [1.82, 2.24) is 19.3 Å². The zero-order chi connectivity index (χ0) is 19.0. The normalized spacial score (nSPS) is 15.5. The second-order valence-electron chi connectivity index (χ2n) is 7.05. The first kappa shape index (κ1) is 17.7. The fourth-order valence-electron chi connectivity index (χ4n) is 3.55. The van der Waals surface area contributed by atoms with Crippen molar-refractivity contribution in [3.63, 3.8) is 0 Å². The van der Waals surface area contributed by atoms with Gasteiger partial charge in [-0.2, -0.15) is 0 Å². The molecular formula is C19H24N5O3+. The Labute approximate surface area is 156 Å². The third-order valence-electron chi connectivity index (χ3n) is 5.14. The van der Waals surface area contributed by atoms with E-state index < -0.39 is 0 Å². The van der Waals surface area contributed by atoms with Gasteiger partial charge in [0, 0.05) is 13.2 Å². The minimum Gasteiger partial charge on any atom is -0.370 e. The van der Waals surface area contributed by atoms with E-state index in [1.807, 2.05) is 19.1 Å². The Morgan fingerprint density at radius 3 is 2.89 bits per heavy atom. The predicted molar refractivity (Wildman–Crippen MR) is 101 cm³/mol. The van der Waals surface area contributed by atoms with Crippen LogP contribution in [0.3, 0.4) is 0 Å². The standard InChI is InChI=1S/C19H23N5O3/c1-13-3-4-16-21-17-14(19(26)24(16)12-13)11-15(22(17)2)18(25)20-5-6-23-7-9-27-10-8-23/h3-4,11-12H,5-10H2,1-2H3,(H,20,25)/p+1. The van der Waals surface area contributed by atoms with E-state index in [0.717, 1.165) is 38.4 Å². The van der Waals surface area contributed by atoms with Gasteiger partial charge in [0.25, 0.3) is 11.5 Å². The van der Waals surface area contributed by atoms with Gasteiger partial charge in [0.05, 0.1) is 31.7 Å². The summed E-state index contributed by atoms with van der Waals surface area (Å²) in [5, 5.41) is 3.41. The maximum atomic E-state index is 12.8. The lowest BCUT2D eigenvalue weighted by Crippen LogP contribution is -3.14. The Hall–Kier alpha value is -2.71. The third-order valence-corrected chi connectivity index (χ3v) is 5.14. The van der Waals surface area contributed by atoms with Gasteiger partial charge in [-0.3, -0.25) is 14.0 Å². The molecule has 0 radical (unpaired) electrons. The number of rotatable bonds is 4. The van der Waals surface area contributed by atoms with Gasteiger partial charge in [0.2, 0.25) is 0 Å². The minimum absolute atomic E-state index is 0.161. The number of quaternary nitrogens is 1. The maximum Gasteiger partial charge on any atom is 0.268 e. The van der Waals surface area contributed by atoms with Crippen LogP contribution >= 0.6 is 0 Å². The van der Waals surface area contributed by atoms with Gasteiger partial charge in [-0.25, -0.2) is 4.98 Å². The van der Waals surface area contributed by atoms with Gasteiger partial charge in [-0.05, 0) is 24.6 Å². The molecule has 1 aliphatic rings. The zero-order valence-corrected chi connectivity index (χ0v) is 15.6. The topological polar surface area (TPSA) is 82.1 Å². The van der Waals surface area contributed by atoms with E-state index in [9.17, 15) is 9.59 Å². The summed E-state index contributed by atoms with van der Waals surface area (Å²) in [6.07, 6.45) is 1.77. The lowest BCUT2D eigenvalue weighted by molar-refractivity contribution is -0.906. The average molecular weight is 370 g/mol. The van der Waals surface area contributed by atoms with Crippen molar-refractivity contribution >= 4 is 22.6 Å². The summed E-state index contributed by atoms with van der Waals surface area (Å²) in [5.74, 6) is -0.187. The Morgan fingerprint density at radius 2 is 2.11 bits per heavy atom. The van der Waals surface area contributed by atoms with Gasteiger partial charge in [-0.15, -0.1) is 0 Å². The number of carbonyl (C=O) groups is 1. The Bertz CT molecular complexity index is 1060. The summed E-state index contributed by atoms with van der Waals surface area (Å²) < 4.78 is 8.56. The van der Waals surface area contributed by atoms with E-state index in [1.54, 1.807) is 23.9 Å². The van der Waals surface area contributed by atoms with Gasteiger partial charge in [0.1, 0.15) is 30.1 Å². The van der Waals surface area contributed by atoms with Crippen molar-refractivity contribution in [3.8, 4) is 0 Å². The highest BCUT2D eigenvalue weighted by atomic mass is 16.5. The number of hydrogen-bond acceptors (Lipinski definition) is 4. The van der Waals surface area contributed by atoms with Crippen LogP contribution in [0.4, 0.5) is 0 Å². The molecule has 2 N–H and O–H groups in total. The van der Waals surface area contributed by atoms with Crippen LogP contribution in [-0.4, -0.2) is 59.3 Å². The molecule has 1 aliphatic heterocycles. The molecule has 0 bridgehead atoms. The Balaban J connectivity index is 1.59. The van der Waals surface area contributed by atoms with Crippen LogP contribution in [-0.2, 0) is 11.8 Å².